The Balaban J connectivity index is 2.55. The molecule has 116 valence electrons. The Bertz CT molecular complexity index is 336. The van der Waals surface area contributed by atoms with Crippen LogP contribution in [0.1, 0.15) is 40.0 Å². The predicted octanol–water partition coefficient (Wildman–Crippen LogP) is 0.997. The van der Waals surface area contributed by atoms with Gasteiger partial charge < -0.3 is 15.5 Å². The molecule has 20 heavy (non-hydrogen) atoms. The number of carbonyl (C=O) groups is 2. The van der Waals surface area contributed by atoms with E-state index in [1.807, 2.05) is 20.8 Å². The fourth-order valence-corrected chi connectivity index (χ4v) is 2.74. The lowest BCUT2D eigenvalue weighted by Crippen LogP contribution is -2.49. The standard InChI is InChI=1S/C15H29N3O2/c1-5-8-17-13(19)11-18(4)14(20)15(2,3)12-7-6-9-16-10-12/h12,16H,5-11H2,1-4H3,(H,17,19). The molecule has 0 spiro atoms. The molecule has 1 saturated heterocycles. The van der Waals surface area contributed by atoms with E-state index >= 15 is 0 Å². The molecule has 0 aromatic carbocycles. The molecule has 1 aliphatic heterocycles. The summed E-state index contributed by atoms with van der Waals surface area (Å²) in [5, 5.41) is 6.16. The first-order valence-corrected chi connectivity index (χ1v) is 7.62. The highest BCUT2D eigenvalue weighted by molar-refractivity contribution is 5.87. The second-order valence-corrected chi connectivity index (χ2v) is 6.28. The summed E-state index contributed by atoms with van der Waals surface area (Å²) in [7, 11) is 1.71. The van der Waals surface area contributed by atoms with Crippen molar-refractivity contribution in [2.24, 2.45) is 11.3 Å². The van der Waals surface area contributed by atoms with Gasteiger partial charge in [-0.1, -0.05) is 20.8 Å². The average molecular weight is 283 g/mol. The number of hydrogen-bond donors (Lipinski definition) is 2. The van der Waals surface area contributed by atoms with Crippen molar-refractivity contribution in [3.63, 3.8) is 0 Å². The number of nitrogens with zero attached hydrogens (tertiary/aromatic N) is 1. The summed E-state index contributed by atoms with van der Waals surface area (Å²) in [6.07, 6.45) is 3.09. The first-order chi connectivity index (χ1) is 9.39. The Morgan fingerprint density at radius 1 is 1.40 bits per heavy atom. The zero-order valence-electron chi connectivity index (χ0n) is 13.3. The molecule has 1 unspecified atom stereocenters. The summed E-state index contributed by atoms with van der Waals surface area (Å²) in [6.45, 7) is 8.72. The van der Waals surface area contributed by atoms with Crippen LogP contribution in [0.25, 0.3) is 0 Å². The molecule has 0 aromatic heterocycles. The van der Waals surface area contributed by atoms with Crippen molar-refractivity contribution >= 4 is 11.8 Å². The monoisotopic (exact) mass is 283 g/mol. The number of hydrogen-bond acceptors (Lipinski definition) is 3. The smallest absolute Gasteiger partial charge is 0.239 e. The SMILES string of the molecule is CCCNC(=O)CN(C)C(=O)C(C)(C)C1CCCNC1. The number of nitrogens with one attached hydrogen (secondary N) is 2. The topological polar surface area (TPSA) is 61.4 Å². The van der Waals surface area contributed by atoms with E-state index in [0.717, 1.165) is 32.4 Å². The van der Waals surface area contributed by atoms with Gasteiger partial charge in [-0.3, -0.25) is 9.59 Å². The fourth-order valence-electron chi connectivity index (χ4n) is 2.74. The highest BCUT2D eigenvalue weighted by atomic mass is 16.2. The first kappa shape index (κ1) is 17.0. The van der Waals surface area contributed by atoms with Gasteiger partial charge in [-0.15, -0.1) is 0 Å². The van der Waals surface area contributed by atoms with Gasteiger partial charge in [0.25, 0.3) is 0 Å². The molecule has 0 saturated carbocycles. The summed E-state index contributed by atoms with van der Waals surface area (Å²) in [6, 6.07) is 0. The van der Waals surface area contributed by atoms with Crippen LogP contribution in [0.15, 0.2) is 0 Å². The molecule has 1 heterocycles. The lowest BCUT2D eigenvalue weighted by molar-refractivity contribution is -0.145. The van der Waals surface area contributed by atoms with Crippen molar-refractivity contribution in [1.82, 2.24) is 15.5 Å². The lowest BCUT2D eigenvalue weighted by atomic mass is 9.74. The molecule has 2 N–H and O–H groups in total. The Morgan fingerprint density at radius 3 is 2.65 bits per heavy atom. The van der Waals surface area contributed by atoms with Crippen molar-refractivity contribution in [3.05, 3.63) is 0 Å². The number of rotatable bonds is 6. The molecule has 1 rings (SSSR count). The molecular weight excluding hydrogens is 254 g/mol. The molecule has 1 aliphatic rings. The third kappa shape index (κ3) is 4.47. The molecule has 5 nitrogen and oxygen atoms in total. The van der Waals surface area contributed by atoms with Crippen molar-refractivity contribution in [2.75, 3.05) is 33.2 Å². The molecule has 0 radical (unpaired) electrons. The Labute approximate surface area is 122 Å². The van der Waals surface area contributed by atoms with E-state index in [2.05, 4.69) is 10.6 Å². The van der Waals surface area contributed by atoms with Crippen LogP contribution in [-0.2, 0) is 9.59 Å². The van der Waals surface area contributed by atoms with Crippen molar-refractivity contribution in [3.8, 4) is 0 Å². The van der Waals surface area contributed by atoms with E-state index in [4.69, 9.17) is 0 Å². The van der Waals surface area contributed by atoms with E-state index in [1.54, 1.807) is 11.9 Å². The van der Waals surface area contributed by atoms with Crippen LogP contribution in [0.2, 0.25) is 0 Å². The third-order valence-corrected chi connectivity index (χ3v) is 4.17. The largest absolute Gasteiger partial charge is 0.355 e. The molecule has 0 aliphatic carbocycles. The summed E-state index contributed by atoms with van der Waals surface area (Å²) in [5.41, 5.74) is -0.423. The minimum Gasteiger partial charge on any atom is -0.355 e. The van der Waals surface area contributed by atoms with Crippen LogP contribution in [0.3, 0.4) is 0 Å². The quantitative estimate of drug-likeness (QED) is 0.764. The van der Waals surface area contributed by atoms with Crippen LogP contribution in [0.4, 0.5) is 0 Å². The normalized spacial score (nSPS) is 19.5. The Morgan fingerprint density at radius 2 is 2.10 bits per heavy atom. The number of likely N-dealkylation sites (N-methyl/N-ethyl adjacent to an activating group) is 1. The number of amides is 2. The minimum atomic E-state index is -0.423. The van der Waals surface area contributed by atoms with Gasteiger partial charge in [0.05, 0.1) is 6.54 Å². The van der Waals surface area contributed by atoms with Gasteiger partial charge >= 0.3 is 0 Å². The minimum absolute atomic E-state index is 0.0536. The van der Waals surface area contributed by atoms with Crippen LogP contribution >= 0.6 is 0 Å². The van der Waals surface area contributed by atoms with Gasteiger partial charge in [0.1, 0.15) is 0 Å². The summed E-state index contributed by atoms with van der Waals surface area (Å²) in [4.78, 5) is 25.8. The van der Waals surface area contributed by atoms with Gasteiger partial charge in [-0.25, -0.2) is 0 Å². The second kappa shape index (κ2) is 7.62. The summed E-state index contributed by atoms with van der Waals surface area (Å²) < 4.78 is 0. The maximum Gasteiger partial charge on any atom is 0.239 e. The van der Waals surface area contributed by atoms with E-state index in [0.29, 0.717) is 12.5 Å². The van der Waals surface area contributed by atoms with Crippen LogP contribution < -0.4 is 10.6 Å². The zero-order valence-corrected chi connectivity index (χ0v) is 13.3. The predicted molar refractivity (Wildman–Crippen MR) is 80.3 cm³/mol. The fraction of sp³-hybridized carbons (Fsp3) is 0.867. The molecule has 0 bridgehead atoms. The maximum absolute atomic E-state index is 12.6. The highest BCUT2D eigenvalue weighted by Gasteiger charge is 2.39. The Kier molecular flexibility index (Phi) is 6.46. The van der Waals surface area contributed by atoms with Gasteiger partial charge in [0, 0.05) is 19.0 Å². The van der Waals surface area contributed by atoms with Gasteiger partial charge in [0.15, 0.2) is 0 Å². The van der Waals surface area contributed by atoms with Crippen LogP contribution in [-0.4, -0.2) is 49.9 Å². The summed E-state index contributed by atoms with van der Waals surface area (Å²) in [5.74, 6) is 0.308. The third-order valence-electron chi connectivity index (χ3n) is 4.17. The number of piperidine rings is 1. The number of carbonyl (C=O) groups excluding carboxylic acids is 2. The van der Waals surface area contributed by atoms with Gasteiger partial charge in [-0.05, 0) is 38.3 Å². The van der Waals surface area contributed by atoms with Gasteiger partial charge in [0.2, 0.25) is 11.8 Å². The van der Waals surface area contributed by atoms with E-state index in [-0.39, 0.29) is 18.4 Å². The molecular formula is C15H29N3O2. The maximum atomic E-state index is 12.6. The second-order valence-electron chi connectivity index (χ2n) is 6.28. The van der Waals surface area contributed by atoms with E-state index in [1.165, 1.54) is 0 Å². The Hall–Kier alpha value is -1.10. The first-order valence-electron chi connectivity index (χ1n) is 7.62. The average Bonchev–Trinajstić information content (AvgIpc) is 2.45. The van der Waals surface area contributed by atoms with Crippen molar-refractivity contribution in [1.29, 1.82) is 0 Å². The molecule has 5 heteroatoms. The van der Waals surface area contributed by atoms with E-state index in [9.17, 15) is 9.59 Å². The lowest BCUT2D eigenvalue weighted by Gasteiger charge is -2.38. The molecule has 1 atom stereocenters. The zero-order chi connectivity index (χ0) is 15.2. The van der Waals surface area contributed by atoms with Crippen LogP contribution in [0.5, 0.6) is 0 Å². The van der Waals surface area contributed by atoms with Gasteiger partial charge in [-0.2, -0.15) is 0 Å². The molecule has 1 fully saturated rings. The van der Waals surface area contributed by atoms with Crippen molar-refractivity contribution < 1.29 is 9.59 Å². The van der Waals surface area contributed by atoms with E-state index < -0.39 is 5.41 Å². The van der Waals surface area contributed by atoms with Crippen LogP contribution in [0, 0.1) is 11.3 Å². The molecule has 0 aromatic rings. The highest BCUT2D eigenvalue weighted by Crippen LogP contribution is 2.33. The van der Waals surface area contributed by atoms with Crippen molar-refractivity contribution in [2.45, 2.75) is 40.0 Å². The molecule has 2 amide bonds. The summed E-state index contributed by atoms with van der Waals surface area (Å²) >= 11 is 0.